The lowest BCUT2D eigenvalue weighted by atomic mass is 10.0. The van der Waals surface area contributed by atoms with Crippen LogP contribution in [0.3, 0.4) is 0 Å². The van der Waals surface area contributed by atoms with Gasteiger partial charge < -0.3 is 14.8 Å². The SMILES string of the molecule is COc1cccc(CNC(c2ccccc2)c2ccccn2)c1OC. The van der Waals surface area contributed by atoms with Crippen LogP contribution in [0.5, 0.6) is 11.5 Å². The van der Waals surface area contributed by atoms with Crippen molar-refractivity contribution in [1.29, 1.82) is 0 Å². The van der Waals surface area contributed by atoms with Crippen LogP contribution >= 0.6 is 0 Å². The van der Waals surface area contributed by atoms with Crippen LogP contribution < -0.4 is 14.8 Å². The second kappa shape index (κ2) is 8.31. The van der Waals surface area contributed by atoms with Crippen molar-refractivity contribution < 1.29 is 9.47 Å². The van der Waals surface area contributed by atoms with E-state index in [9.17, 15) is 0 Å². The van der Waals surface area contributed by atoms with Crippen molar-refractivity contribution >= 4 is 0 Å². The van der Waals surface area contributed by atoms with Gasteiger partial charge in [-0.3, -0.25) is 4.98 Å². The zero-order chi connectivity index (χ0) is 17.5. The molecule has 1 unspecified atom stereocenters. The minimum absolute atomic E-state index is 0.00157. The van der Waals surface area contributed by atoms with Gasteiger partial charge >= 0.3 is 0 Å². The fourth-order valence-corrected chi connectivity index (χ4v) is 2.89. The molecule has 3 rings (SSSR count). The van der Waals surface area contributed by atoms with Crippen molar-refractivity contribution in [1.82, 2.24) is 10.3 Å². The van der Waals surface area contributed by atoms with Crippen LogP contribution in [0.4, 0.5) is 0 Å². The van der Waals surface area contributed by atoms with Gasteiger partial charge in [0.25, 0.3) is 0 Å². The van der Waals surface area contributed by atoms with E-state index in [0.717, 1.165) is 22.8 Å². The van der Waals surface area contributed by atoms with Gasteiger partial charge in [0.2, 0.25) is 0 Å². The highest BCUT2D eigenvalue weighted by Crippen LogP contribution is 2.31. The Morgan fingerprint density at radius 1 is 0.880 bits per heavy atom. The van der Waals surface area contributed by atoms with Crippen LogP contribution in [0, 0.1) is 0 Å². The first-order valence-corrected chi connectivity index (χ1v) is 8.22. The number of aromatic nitrogens is 1. The number of hydrogen-bond acceptors (Lipinski definition) is 4. The molecule has 2 aromatic carbocycles. The number of para-hydroxylation sites is 1. The Morgan fingerprint density at radius 3 is 2.36 bits per heavy atom. The third-order valence-corrected chi connectivity index (χ3v) is 4.10. The van der Waals surface area contributed by atoms with Crippen molar-refractivity contribution in [3.63, 3.8) is 0 Å². The second-order valence-electron chi connectivity index (χ2n) is 5.63. The Balaban J connectivity index is 1.88. The molecular formula is C21H22N2O2. The number of methoxy groups -OCH3 is 2. The van der Waals surface area contributed by atoms with Gasteiger partial charge in [-0.2, -0.15) is 0 Å². The minimum atomic E-state index is -0.00157. The summed E-state index contributed by atoms with van der Waals surface area (Å²) < 4.78 is 10.9. The molecule has 0 aliphatic rings. The predicted octanol–water partition coefficient (Wildman–Crippen LogP) is 3.98. The number of hydrogen-bond donors (Lipinski definition) is 1. The van der Waals surface area contributed by atoms with Crippen LogP contribution in [0.25, 0.3) is 0 Å². The largest absolute Gasteiger partial charge is 0.493 e. The zero-order valence-corrected chi connectivity index (χ0v) is 14.5. The van der Waals surface area contributed by atoms with Gasteiger partial charge in [0, 0.05) is 18.3 Å². The monoisotopic (exact) mass is 334 g/mol. The quantitative estimate of drug-likeness (QED) is 0.710. The smallest absolute Gasteiger partial charge is 0.165 e. The topological polar surface area (TPSA) is 43.4 Å². The van der Waals surface area contributed by atoms with Gasteiger partial charge in [0.1, 0.15) is 0 Å². The highest BCUT2D eigenvalue weighted by molar-refractivity contribution is 5.46. The summed E-state index contributed by atoms with van der Waals surface area (Å²) in [7, 11) is 3.31. The number of nitrogens with one attached hydrogen (secondary N) is 1. The number of ether oxygens (including phenoxy) is 2. The predicted molar refractivity (Wildman–Crippen MR) is 98.9 cm³/mol. The number of benzene rings is 2. The molecule has 128 valence electrons. The van der Waals surface area contributed by atoms with Gasteiger partial charge in [-0.15, -0.1) is 0 Å². The van der Waals surface area contributed by atoms with Gasteiger partial charge in [-0.1, -0.05) is 48.5 Å². The lowest BCUT2D eigenvalue weighted by Crippen LogP contribution is -2.23. The summed E-state index contributed by atoms with van der Waals surface area (Å²) in [6.07, 6.45) is 1.82. The van der Waals surface area contributed by atoms with Gasteiger partial charge in [-0.25, -0.2) is 0 Å². The molecule has 1 atom stereocenters. The Hall–Kier alpha value is -2.85. The van der Waals surface area contributed by atoms with Crippen LogP contribution in [-0.2, 0) is 6.54 Å². The van der Waals surface area contributed by atoms with E-state index in [1.54, 1.807) is 14.2 Å². The summed E-state index contributed by atoms with van der Waals surface area (Å²) in [5.41, 5.74) is 3.19. The molecule has 4 heteroatoms. The number of nitrogens with zero attached hydrogens (tertiary/aromatic N) is 1. The van der Waals surface area contributed by atoms with Gasteiger partial charge in [-0.05, 0) is 23.8 Å². The van der Waals surface area contributed by atoms with Crippen molar-refractivity contribution in [2.45, 2.75) is 12.6 Å². The van der Waals surface area contributed by atoms with E-state index < -0.39 is 0 Å². The molecule has 0 amide bonds. The first-order chi connectivity index (χ1) is 12.3. The Labute approximate surface area is 148 Å². The van der Waals surface area contributed by atoms with E-state index in [1.165, 1.54) is 5.56 Å². The van der Waals surface area contributed by atoms with Gasteiger partial charge in [0.15, 0.2) is 11.5 Å². The summed E-state index contributed by atoms with van der Waals surface area (Å²) in [4.78, 5) is 4.53. The number of rotatable bonds is 7. The molecule has 4 nitrogen and oxygen atoms in total. The van der Waals surface area contributed by atoms with E-state index in [0.29, 0.717) is 6.54 Å². The molecule has 0 fully saturated rings. The van der Waals surface area contributed by atoms with Gasteiger partial charge in [0.05, 0.1) is 26.0 Å². The summed E-state index contributed by atoms with van der Waals surface area (Å²) in [6.45, 7) is 0.635. The number of pyridine rings is 1. The first-order valence-electron chi connectivity index (χ1n) is 8.22. The lowest BCUT2D eigenvalue weighted by Gasteiger charge is -2.20. The Bertz CT molecular complexity index is 752. The van der Waals surface area contributed by atoms with Crippen LogP contribution in [0.2, 0.25) is 0 Å². The molecule has 1 heterocycles. The zero-order valence-electron chi connectivity index (χ0n) is 14.5. The van der Waals surface area contributed by atoms with Crippen molar-refractivity contribution in [3.8, 4) is 11.5 Å². The molecule has 0 saturated carbocycles. The molecule has 0 aliphatic heterocycles. The fraction of sp³-hybridized carbons (Fsp3) is 0.190. The Morgan fingerprint density at radius 2 is 1.68 bits per heavy atom. The summed E-state index contributed by atoms with van der Waals surface area (Å²) in [5, 5.41) is 3.60. The van der Waals surface area contributed by atoms with Crippen LogP contribution in [-0.4, -0.2) is 19.2 Å². The highest BCUT2D eigenvalue weighted by atomic mass is 16.5. The van der Waals surface area contributed by atoms with E-state index >= 15 is 0 Å². The van der Waals surface area contributed by atoms with E-state index in [1.807, 2.05) is 60.8 Å². The van der Waals surface area contributed by atoms with Crippen LogP contribution in [0.15, 0.2) is 72.9 Å². The van der Waals surface area contributed by atoms with Crippen molar-refractivity contribution in [3.05, 3.63) is 89.7 Å². The molecule has 0 radical (unpaired) electrons. The molecule has 0 saturated heterocycles. The lowest BCUT2D eigenvalue weighted by molar-refractivity contribution is 0.350. The maximum absolute atomic E-state index is 5.53. The second-order valence-corrected chi connectivity index (χ2v) is 5.63. The van der Waals surface area contributed by atoms with Crippen LogP contribution in [0.1, 0.15) is 22.9 Å². The standard InChI is InChI=1S/C21H22N2O2/c1-24-19-13-8-11-17(21(19)25-2)15-23-20(16-9-4-3-5-10-16)18-12-6-7-14-22-18/h3-14,20,23H,15H2,1-2H3. The minimum Gasteiger partial charge on any atom is -0.493 e. The highest BCUT2D eigenvalue weighted by Gasteiger charge is 2.16. The molecule has 1 aromatic heterocycles. The van der Waals surface area contributed by atoms with E-state index in [2.05, 4.69) is 22.4 Å². The fourth-order valence-electron chi connectivity index (χ4n) is 2.89. The molecule has 1 N–H and O–H groups in total. The van der Waals surface area contributed by atoms with Crippen molar-refractivity contribution in [2.24, 2.45) is 0 Å². The normalized spacial score (nSPS) is 11.8. The molecule has 25 heavy (non-hydrogen) atoms. The summed E-state index contributed by atoms with van der Waals surface area (Å²) in [5.74, 6) is 1.49. The average Bonchev–Trinajstić information content (AvgIpc) is 2.69. The molecular weight excluding hydrogens is 312 g/mol. The third kappa shape index (κ3) is 3.98. The molecule has 0 bridgehead atoms. The molecule has 0 spiro atoms. The van der Waals surface area contributed by atoms with E-state index in [4.69, 9.17) is 9.47 Å². The molecule has 0 aliphatic carbocycles. The average molecular weight is 334 g/mol. The third-order valence-electron chi connectivity index (χ3n) is 4.10. The summed E-state index contributed by atoms with van der Waals surface area (Å²) >= 11 is 0. The Kier molecular flexibility index (Phi) is 5.65. The maximum Gasteiger partial charge on any atom is 0.165 e. The molecule has 3 aromatic rings. The maximum atomic E-state index is 5.53. The van der Waals surface area contributed by atoms with E-state index in [-0.39, 0.29) is 6.04 Å². The van der Waals surface area contributed by atoms with Crippen molar-refractivity contribution in [2.75, 3.05) is 14.2 Å². The first kappa shape index (κ1) is 17.0. The summed E-state index contributed by atoms with van der Waals surface area (Å²) in [6, 6.07) is 22.2.